The molecule has 0 bridgehead atoms. The van der Waals surface area contributed by atoms with Crippen LogP contribution in [-0.2, 0) is 21.2 Å². The lowest BCUT2D eigenvalue weighted by Crippen LogP contribution is -2.62. The van der Waals surface area contributed by atoms with Crippen molar-refractivity contribution in [3.8, 4) is 0 Å². The number of carbonyl (C=O) groups is 1. The minimum Gasteiger partial charge on any atom is -0.398 e. The Morgan fingerprint density at radius 3 is 2.09 bits per heavy atom. The number of amides is 1. The van der Waals surface area contributed by atoms with Gasteiger partial charge in [0.25, 0.3) is 0 Å². The molecule has 1 aromatic carbocycles. The Labute approximate surface area is 219 Å². The molecule has 2 fully saturated rings. The smallest absolute Gasteiger partial charge is 0.240 e. The Bertz CT molecular complexity index is 987. The number of primary amides is 1. The first kappa shape index (κ1) is 27.8. The molecule has 2 saturated heterocycles. The molecule has 192 valence electrons. The van der Waals surface area contributed by atoms with Crippen molar-refractivity contribution in [1.29, 1.82) is 0 Å². The summed E-state index contributed by atoms with van der Waals surface area (Å²) >= 11 is 14.3. The Morgan fingerprint density at radius 2 is 1.59 bits per heavy atom. The third-order valence-corrected chi connectivity index (χ3v) is 11.6. The molecule has 34 heavy (non-hydrogen) atoms. The maximum atomic E-state index is 13.5. The average molecular weight is 548 g/mol. The van der Waals surface area contributed by atoms with Gasteiger partial charge in [0.15, 0.2) is 4.75 Å². The molecular formula is C22H37N5O3S4. The van der Waals surface area contributed by atoms with Crippen molar-refractivity contribution in [2.24, 2.45) is 11.7 Å². The zero-order valence-electron chi connectivity index (χ0n) is 19.9. The van der Waals surface area contributed by atoms with E-state index < -0.39 is 20.7 Å². The van der Waals surface area contributed by atoms with Gasteiger partial charge in [-0.3, -0.25) is 4.79 Å². The van der Waals surface area contributed by atoms with Crippen LogP contribution in [0.1, 0.15) is 45.1 Å². The number of piperazine rings is 1. The SMILES string of the molecule is CCC(CC)Cc1c(N)c(S)c(N2CCN(S(=O)(=O)C3(C(N)=O)CCNCC3)CC2)c(S)c1S. The third-order valence-electron chi connectivity index (χ3n) is 7.44. The van der Waals surface area contributed by atoms with Gasteiger partial charge in [0.1, 0.15) is 0 Å². The largest absolute Gasteiger partial charge is 0.398 e. The van der Waals surface area contributed by atoms with Gasteiger partial charge >= 0.3 is 0 Å². The number of nitrogens with zero attached hydrogens (tertiary/aromatic N) is 2. The van der Waals surface area contributed by atoms with Gasteiger partial charge in [-0.2, -0.15) is 4.31 Å². The molecule has 0 radical (unpaired) electrons. The highest BCUT2D eigenvalue weighted by atomic mass is 32.2. The van der Waals surface area contributed by atoms with E-state index in [1.165, 1.54) is 4.31 Å². The number of carbonyl (C=O) groups excluding carboxylic acids is 1. The van der Waals surface area contributed by atoms with Crippen LogP contribution in [0.4, 0.5) is 11.4 Å². The summed E-state index contributed by atoms with van der Waals surface area (Å²) in [5.74, 6) is -0.270. The van der Waals surface area contributed by atoms with Crippen LogP contribution < -0.4 is 21.7 Å². The Kier molecular flexibility index (Phi) is 9.06. The number of nitrogens with one attached hydrogen (secondary N) is 1. The second-order valence-corrected chi connectivity index (χ2v) is 12.8. The molecule has 1 aromatic rings. The summed E-state index contributed by atoms with van der Waals surface area (Å²) in [5.41, 5.74) is 14.5. The highest BCUT2D eigenvalue weighted by Gasteiger charge is 2.53. The highest BCUT2D eigenvalue weighted by Crippen LogP contribution is 2.44. The number of thiol groups is 3. The number of piperidine rings is 1. The van der Waals surface area contributed by atoms with Crippen LogP contribution in [0.25, 0.3) is 0 Å². The van der Waals surface area contributed by atoms with Gasteiger partial charge in [-0.05, 0) is 43.8 Å². The van der Waals surface area contributed by atoms with Crippen LogP contribution in [0.3, 0.4) is 0 Å². The molecule has 3 rings (SSSR count). The van der Waals surface area contributed by atoms with Crippen molar-refractivity contribution in [3.05, 3.63) is 5.56 Å². The quantitative estimate of drug-likeness (QED) is 0.219. The van der Waals surface area contributed by atoms with Gasteiger partial charge < -0.3 is 21.7 Å². The van der Waals surface area contributed by atoms with E-state index in [-0.39, 0.29) is 25.9 Å². The lowest BCUT2D eigenvalue weighted by Gasteiger charge is -2.42. The minimum atomic E-state index is -3.90. The Balaban J connectivity index is 1.84. The predicted octanol–water partition coefficient (Wildman–Crippen LogP) is 2.17. The van der Waals surface area contributed by atoms with Gasteiger partial charge in [-0.15, -0.1) is 37.9 Å². The molecule has 2 heterocycles. The van der Waals surface area contributed by atoms with E-state index in [1.54, 1.807) is 0 Å². The number of anilines is 2. The summed E-state index contributed by atoms with van der Waals surface area (Å²) in [5, 5.41) is 3.11. The van der Waals surface area contributed by atoms with E-state index in [0.717, 1.165) is 35.4 Å². The third kappa shape index (κ3) is 4.90. The lowest BCUT2D eigenvalue weighted by molar-refractivity contribution is -0.121. The number of sulfonamides is 1. The van der Waals surface area contributed by atoms with E-state index in [4.69, 9.17) is 49.4 Å². The molecule has 0 aliphatic carbocycles. The second-order valence-electron chi connectivity index (χ2n) is 9.17. The molecule has 12 heteroatoms. The Morgan fingerprint density at radius 1 is 1.03 bits per heavy atom. The predicted molar refractivity (Wildman–Crippen MR) is 147 cm³/mol. The van der Waals surface area contributed by atoms with Crippen LogP contribution in [0.2, 0.25) is 0 Å². The van der Waals surface area contributed by atoms with E-state index in [1.807, 2.05) is 4.90 Å². The molecule has 8 nitrogen and oxygen atoms in total. The van der Waals surface area contributed by atoms with Crippen LogP contribution in [0.5, 0.6) is 0 Å². The maximum absolute atomic E-state index is 13.5. The van der Waals surface area contributed by atoms with Crippen LogP contribution >= 0.6 is 37.9 Å². The van der Waals surface area contributed by atoms with Crippen molar-refractivity contribution in [2.75, 3.05) is 49.9 Å². The molecule has 2 aliphatic heterocycles. The number of rotatable bonds is 8. The zero-order chi connectivity index (χ0) is 25.3. The van der Waals surface area contributed by atoms with Crippen molar-refractivity contribution in [1.82, 2.24) is 9.62 Å². The molecule has 0 spiro atoms. The second kappa shape index (κ2) is 11.1. The standard InChI is InChI=1S/C22H37N5O3S4/c1-3-14(4-2)13-15-16(23)19(32)17(20(33)18(15)31)26-9-11-27(12-10-26)34(29,30)22(21(24)28)5-7-25-8-6-22/h14,25,31-33H,3-13,23H2,1-2H3,(H2,24,28). The van der Waals surface area contributed by atoms with E-state index in [0.29, 0.717) is 47.6 Å². The average Bonchev–Trinajstić information content (AvgIpc) is 2.83. The van der Waals surface area contributed by atoms with Crippen molar-refractivity contribution in [2.45, 2.75) is 65.4 Å². The summed E-state index contributed by atoms with van der Waals surface area (Å²) in [7, 11) is -3.90. The number of nitrogens with two attached hydrogens (primary N) is 2. The summed E-state index contributed by atoms with van der Waals surface area (Å²) in [4.78, 5) is 16.4. The molecule has 1 amide bonds. The van der Waals surface area contributed by atoms with Gasteiger partial charge in [0, 0.05) is 36.0 Å². The van der Waals surface area contributed by atoms with Gasteiger partial charge in [-0.1, -0.05) is 26.7 Å². The van der Waals surface area contributed by atoms with E-state index in [2.05, 4.69) is 19.2 Å². The monoisotopic (exact) mass is 547 g/mol. The molecule has 0 saturated carbocycles. The fraction of sp³-hybridized carbons (Fsp3) is 0.682. The number of nitrogen functional groups attached to an aromatic ring is 1. The molecular weight excluding hydrogens is 511 g/mol. The molecule has 5 N–H and O–H groups in total. The summed E-state index contributed by atoms with van der Waals surface area (Å²) in [6, 6.07) is 0. The fourth-order valence-electron chi connectivity index (χ4n) is 5.00. The summed E-state index contributed by atoms with van der Waals surface area (Å²) in [6.07, 6.45) is 3.28. The Hall–Kier alpha value is -0.790. The summed E-state index contributed by atoms with van der Waals surface area (Å²) < 4.78 is 26.9. The van der Waals surface area contributed by atoms with Crippen LogP contribution in [0.15, 0.2) is 14.7 Å². The summed E-state index contributed by atoms with van der Waals surface area (Å²) in [6.45, 7) is 6.55. The normalized spacial score (nSPS) is 19.5. The number of benzene rings is 1. The molecule has 0 aromatic heterocycles. The number of hydrogen-bond acceptors (Lipinski definition) is 9. The lowest BCUT2D eigenvalue weighted by atomic mass is 9.93. The molecule has 0 atom stereocenters. The van der Waals surface area contributed by atoms with Crippen molar-refractivity contribution >= 4 is 65.2 Å². The molecule has 2 aliphatic rings. The minimum absolute atomic E-state index is 0.185. The van der Waals surface area contributed by atoms with Gasteiger partial charge in [0.2, 0.25) is 15.9 Å². The first-order valence-electron chi connectivity index (χ1n) is 11.8. The van der Waals surface area contributed by atoms with E-state index >= 15 is 0 Å². The first-order chi connectivity index (χ1) is 16.0. The van der Waals surface area contributed by atoms with Crippen molar-refractivity contribution in [3.63, 3.8) is 0 Å². The fourth-order valence-corrected chi connectivity index (χ4v) is 8.29. The van der Waals surface area contributed by atoms with Crippen LogP contribution in [-0.4, -0.2) is 62.6 Å². The van der Waals surface area contributed by atoms with Crippen molar-refractivity contribution < 1.29 is 13.2 Å². The first-order valence-corrected chi connectivity index (χ1v) is 14.6. The number of hydrogen-bond donors (Lipinski definition) is 6. The topological polar surface area (TPSA) is 122 Å². The zero-order valence-corrected chi connectivity index (χ0v) is 23.4. The van der Waals surface area contributed by atoms with Gasteiger partial charge in [0.05, 0.1) is 16.3 Å². The van der Waals surface area contributed by atoms with Crippen LogP contribution in [0, 0.1) is 5.92 Å². The molecule has 0 unspecified atom stereocenters. The highest BCUT2D eigenvalue weighted by molar-refractivity contribution is 7.91. The van der Waals surface area contributed by atoms with Gasteiger partial charge in [-0.25, -0.2) is 8.42 Å². The maximum Gasteiger partial charge on any atom is 0.240 e. The van der Waals surface area contributed by atoms with E-state index in [9.17, 15) is 13.2 Å².